The van der Waals surface area contributed by atoms with Crippen molar-refractivity contribution in [2.75, 3.05) is 23.3 Å². The molecule has 1 saturated heterocycles. The van der Waals surface area contributed by atoms with E-state index in [1.54, 1.807) is 4.52 Å². The Kier molecular flexibility index (Phi) is 4.57. The first kappa shape index (κ1) is 17.2. The van der Waals surface area contributed by atoms with E-state index in [0.29, 0.717) is 12.2 Å². The maximum atomic E-state index is 12.9. The molecule has 2 aromatic heterocycles. The summed E-state index contributed by atoms with van der Waals surface area (Å²) in [6.45, 7) is 3.48. The van der Waals surface area contributed by atoms with Gasteiger partial charge in [-0.3, -0.25) is 0 Å². The van der Waals surface area contributed by atoms with E-state index in [1.165, 1.54) is 24.3 Å². The fourth-order valence-electron chi connectivity index (χ4n) is 3.18. The van der Waals surface area contributed by atoms with Gasteiger partial charge in [0.25, 0.3) is 0 Å². The number of halogens is 1. The quantitative estimate of drug-likeness (QED) is 0.736. The summed E-state index contributed by atoms with van der Waals surface area (Å²) in [5, 5.41) is 18.5. The van der Waals surface area contributed by atoms with Crippen LogP contribution in [-0.2, 0) is 6.42 Å². The molecule has 2 N–H and O–H groups in total. The Hall–Kier alpha value is -3.23. The second-order valence-electron chi connectivity index (χ2n) is 6.47. The smallest absolute Gasteiger partial charge is 0.319 e. The molecule has 3 aromatic rings. The molecule has 1 atom stereocenters. The van der Waals surface area contributed by atoms with Crippen molar-refractivity contribution in [1.82, 2.24) is 25.1 Å². The maximum Gasteiger partial charge on any atom is 0.319 e. The van der Waals surface area contributed by atoms with Crippen molar-refractivity contribution in [2.24, 2.45) is 0 Å². The van der Waals surface area contributed by atoms with Gasteiger partial charge in [0.15, 0.2) is 11.5 Å². The average Bonchev–Trinajstić information content (AvgIpc) is 3.29. The first-order chi connectivity index (χ1) is 13.1. The number of nitrogens with one attached hydrogen (secondary N) is 2. The molecule has 1 unspecified atom stereocenters. The van der Waals surface area contributed by atoms with Gasteiger partial charge in [-0.25, -0.2) is 9.18 Å². The standard InChI is InChI=1S/C18H20FN7O/c1-2-15-22-23-16-7-8-17(24-26(15)16)25-10-9-14(11-25)21-18(27)20-13-5-3-12(19)4-6-13/h3-8,14H,2,9-11H2,1H3,(H2,20,21,27). The van der Waals surface area contributed by atoms with Crippen molar-refractivity contribution in [3.63, 3.8) is 0 Å². The van der Waals surface area contributed by atoms with Crippen LogP contribution in [0.4, 0.5) is 20.7 Å². The lowest BCUT2D eigenvalue weighted by molar-refractivity contribution is 0.249. The van der Waals surface area contributed by atoms with Crippen molar-refractivity contribution in [3.05, 3.63) is 48.0 Å². The summed E-state index contributed by atoms with van der Waals surface area (Å²) in [6, 6.07) is 9.20. The number of aryl methyl sites for hydroxylation is 1. The molecule has 140 valence electrons. The van der Waals surface area contributed by atoms with Crippen molar-refractivity contribution >= 4 is 23.2 Å². The molecule has 0 radical (unpaired) electrons. The number of anilines is 2. The van der Waals surface area contributed by atoms with Gasteiger partial charge in [0.2, 0.25) is 0 Å². The van der Waals surface area contributed by atoms with Crippen LogP contribution < -0.4 is 15.5 Å². The number of hydrogen-bond acceptors (Lipinski definition) is 5. The van der Waals surface area contributed by atoms with Crippen LogP contribution in [0.1, 0.15) is 19.2 Å². The summed E-state index contributed by atoms with van der Waals surface area (Å²) in [4.78, 5) is 14.3. The van der Waals surface area contributed by atoms with E-state index in [-0.39, 0.29) is 17.9 Å². The van der Waals surface area contributed by atoms with Gasteiger partial charge >= 0.3 is 6.03 Å². The van der Waals surface area contributed by atoms with Crippen LogP contribution in [0.5, 0.6) is 0 Å². The van der Waals surface area contributed by atoms with Gasteiger partial charge in [-0.2, -0.15) is 4.52 Å². The molecule has 1 aliphatic heterocycles. The Morgan fingerprint density at radius 1 is 1.22 bits per heavy atom. The number of carbonyl (C=O) groups is 1. The predicted molar refractivity (Wildman–Crippen MR) is 99.3 cm³/mol. The van der Waals surface area contributed by atoms with E-state index >= 15 is 0 Å². The van der Waals surface area contributed by atoms with Gasteiger partial charge in [0.1, 0.15) is 11.6 Å². The number of aromatic nitrogens is 4. The van der Waals surface area contributed by atoms with E-state index in [2.05, 4.69) is 30.8 Å². The number of hydrogen-bond donors (Lipinski definition) is 2. The van der Waals surface area contributed by atoms with Crippen LogP contribution in [0.3, 0.4) is 0 Å². The number of urea groups is 1. The highest BCUT2D eigenvalue weighted by Crippen LogP contribution is 2.19. The summed E-state index contributed by atoms with van der Waals surface area (Å²) in [6.07, 6.45) is 1.57. The second kappa shape index (κ2) is 7.18. The molecule has 1 aromatic carbocycles. The third-order valence-electron chi connectivity index (χ3n) is 4.58. The predicted octanol–water partition coefficient (Wildman–Crippen LogP) is 2.23. The fraction of sp³-hybridized carbons (Fsp3) is 0.333. The zero-order valence-corrected chi connectivity index (χ0v) is 14.9. The molecule has 8 nitrogen and oxygen atoms in total. The highest BCUT2D eigenvalue weighted by atomic mass is 19.1. The van der Waals surface area contributed by atoms with Crippen LogP contribution in [0.15, 0.2) is 36.4 Å². The van der Waals surface area contributed by atoms with Gasteiger partial charge in [-0.15, -0.1) is 15.3 Å². The SMILES string of the molecule is CCc1nnc2ccc(N3CCC(NC(=O)Nc4ccc(F)cc4)C3)nn12. The monoisotopic (exact) mass is 369 g/mol. The summed E-state index contributed by atoms with van der Waals surface area (Å²) in [5.41, 5.74) is 1.28. The average molecular weight is 369 g/mol. The third kappa shape index (κ3) is 3.67. The number of amides is 2. The lowest BCUT2D eigenvalue weighted by Gasteiger charge is -2.18. The van der Waals surface area contributed by atoms with Crippen LogP contribution in [0, 0.1) is 5.82 Å². The van der Waals surface area contributed by atoms with Crippen molar-refractivity contribution < 1.29 is 9.18 Å². The van der Waals surface area contributed by atoms with Gasteiger partial charge in [-0.1, -0.05) is 6.92 Å². The number of nitrogens with zero attached hydrogens (tertiary/aromatic N) is 5. The lowest BCUT2D eigenvalue weighted by atomic mass is 10.3. The summed E-state index contributed by atoms with van der Waals surface area (Å²) in [5.74, 6) is 1.32. The van der Waals surface area contributed by atoms with Gasteiger partial charge < -0.3 is 15.5 Å². The van der Waals surface area contributed by atoms with Crippen LogP contribution in [-0.4, -0.2) is 45.0 Å². The Bertz CT molecular complexity index is 956. The second-order valence-corrected chi connectivity index (χ2v) is 6.47. The minimum absolute atomic E-state index is 0.00880. The van der Waals surface area contributed by atoms with Crippen LogP contribution in [0.25, 0.3) is 5.65 Å². The molecule has 4 rings (SSSR count). The van der Waals surface area contributed by atoms with Gasteiger partial charge in [0.05, 0.1) is 0 Å². The summed E-state index contributed by atoms with van der Waals surface area (Å²) >= 11 is 0. The van der Waals surface area contributed by atoms with Gasteiger partial charge in [-0.05, 0) is 42.8 Å². The molecule has 9 heteroatoms. The molecule has 0 aliphatic carbocycles. The first-order valence-corrected chi connectivity index (χ1v) is 8.92. The van der Waals surface area contributed by atoms with Gasteiger partial charge in [0, 0.05) is 31.2 Å². The third-order valence-corrected chi connectivity index (χ3v) is 4.58. The molecule has 0 saturated carbocycles. The number of carbonyl (C=O) groups excluding carboxylic acids is 1. The number of rotatable bonds is 4. The Labute approximate surface area is 155 Å². The molecule has 2 amide bonds. The largest absolute Gasteiger partial charge is 0.353 e. The molecule has 0 bridgehead atoms. The number of benzene rings is 1. The summed E-state index contributed by atoms with van der Waals surface area (Å²) < 4.78 is 14.7. The maximum absolute atomic E-state index is 12.9. The van der Waals surface area contributed by atoms with Crippen molar-refractivity contribution in [1.29, 1.82) is 0 Å². The van der Waals surface area contributed by atoms with Crippen molar-refractivity contribution in [3.8, 4) is 0 Å². The van der Waals surface area contributed by atoms with Crippen molar-refractivity contribution in [2.45, 2.75) is 25.8 Å². The molecule has 1 aliphatic rings. The normalized spacial score (nSPS) is 16.7. The minimum atomic E-state index is -0.337. The Balaban J connectivity index is 1.38. The van der Waals surface area contributed by atoms with E-state index in [4.69, 9.17) is 0 Å². The first-order valence-electron chi connectivity index (χ1n) is 8.92. The van der Waals surface area contributed by atoms with E-state index in [9.17, 15) is 9.18 Å². The minimum Gasteiger partial charge on any atom is -0.353 e. The Morgan fingerprint density at radius 2 is 2.04 bits per heavy atom. The molecule has 3 heterocycles. The molecular formula is C18H20FN7O. The fourth-order valence-corrected chi connectivity index (χ4v) is 3.18. The zero-order valence-electron chi connectivity index (χ0n) is 14.9. The highest BCUT2D eigenvalue weighted by molar-refractivity contribution is 5.89. The number of fused-ring (bicyclic) bond motifs is 1. The molecule has 27 heavy (non-hydrogen) atoms. The lowest BCUT2D eigenvalue weighted by Crippen LogP contribution is -2.39. The molecule has 0 spiro atoms. The highest BCUT2D eigenvalue weighted by Gasteiger charge is 2.25. The molecule has 1 fully saturated rings. The van der Waals surface area contributed by atoms with Crippen LogP contribution >= 0.6 is 0 Å². The van der Waals surface area contributed by atoms with Crippen LogP contribution in [0.2, 0.25) is 0 Å². The van der Waals surface area contributed by atoms with E-state index in [1.807, 2.05) is 19.1 Å². The topological polar surface area (TPSA) is 87.5 Å². The summed E-state index contributed by atoms with van der Waals surface area (Å²) in [7, 11) is 0. The Morgan fingerprint density at radius 3 is 2.81 bits per heavy atom. The molecular weight excluding hydrogens is 349 g/mol. The van der Waals surface area contributed by atoms with E-state index < -0.39 is 0 Å². The zero-order chi connectivity index (χ0) is 18.8. The van der Waals surface area contributed by atoms with E-state index in [0.717, 1.165) is 36.7 Å².